The molecule has 1 aliphatic carbocycles. The maximum atomic E-state index is 14.8. The van der Waals surface area contributed by atoms with Gasteiger partial charge in [-0.25, -0.2) is 17.6 Å². The Morgan fingerprint density at radius 3 is 1.92 bits per heavy atom. The van der Waals surface area contributed by atoms with Crippen molar-refractivity contribution in [1.29, 1.82) is 0 Å². The Hall–Kier alpha value is -2.96. The Labute approximate surface area is 207 Å². The zero-order chi connectivity index (χ0) is 26.2. The first kappa shape index (κ1) is 26.1. The number of alkyl halides is 2. The molecule has 0 aliphatic heterocycles. The van der Waals surface area contributed by atoms with Gasteiger partial charge in [0.1, 0.15) is 34.6 Å². The number of rotatable bonds is 6. The van der Waals surface area contributed by atoms with Gasteiger partial charge >= 0.3 is 6.11 Å². The van der Waals surface area contributed by atoms with E-state index >= 15 is 0 Å². The monoisotopic (exact) mass is 506 g/mol. The number of hydrogen-bond acceptors (Lipinski definition) is 1. The number of benzene rings is 3. The van der Waals surface area contributed by atoms with Crippen LogP contribution >= 0.6 is 0 Å². The quantitative estimate of drug-likeness (QED) is 0.303. The highest BCUT2D eigenvalue weighted by molar-refractivity contribution is 5.64. The topological polar surface area (TPSA) is 9.23 Å². The van der Waals surface area contributed by atoms with Crippen molar-refractivity contribution in [3.8, 4) is 16.9 Å². The third-order valence-corrected chi connectivity index (χ3v) is 7.35. The molecule has 0 spiro atoms. The Morgan fingerprint density at radius 1 is 0.778 bits per heavy atom. The third-order valence-electron chi connectivity index (χ3n) is 7.35. The summed E-state index contributed by atoms with van der Waals surface area (Å²) >= 11 is 0. The van der Waals surface area contributed by atoms with Crippen molar-refractivity contribution < 1.29 is 31.1 Å². The first-order valence-corrected chi connectivity index (χ1v) is 12.1. The number of halogens is 6. The van der Waals surface area contributed by atoms with Gasteiger partial charge in [0.2, 0.25) is 0 Å². The lowest BCUT2D eigenvalue weighted by Crippen LogP contribution is -2.26. The Morgan fingerprint density at radius 2 is 1.36 bits per heavy atom. The molecule has 192 valence electrons. The van der Waals surface area contributed by atoms with Gasteiger partial charge in [0.25, 0.3) is 0 Å². The van der Waals surface area contributed by atoms with Crippen LogP contribution in [0.2, 0.25) is 0 Å². The molecule has 0 atom stereocenters. The normalized spacial score (nSPS) is 18.4. The maximum absolute atomic E-state index is 14.8. The molecule has 0 unspecified atom stereocenters. The van der Waals surface area contributed by atoms with Crippen LogP contribution in [0.25, 0.3) is 11.1 Å². The lowest BCUT2D eigenvalue weighted by atomic mass is 9.77. The zero-order valence-electron chi connectivity index (χ0n) is 20.4. The minimum Gasteiger partial charge on any atom is -0.428 e. The largest absolute Gasteiger partial charge is 0.432 e. The highest BCUT2D eigenvalue weighted by Gasteiger charge is 2.42. The molecule has 0 saturated heterocycles. The molecule has 36 heavy (non-hydrogen) atoms. The van der Waals surface area contributed by atoms with Crippen molar-refractivity contribution in [2.75, 3.05) is 0 Å². The van der Waals surface area contributed by atoms with E-state index in [1.54, 1.807) is 12.1 Å². The fourth-order valence-electron chi connectivity index (χ4n) is 4.99. The standard InChI is InChI=1S/C29H28F6O/c1-4-18-5-7-19(8-6-18)20-9-11-21(12-10-20)22-13-24(31)27(25(32)14-22)29(34,35)36-26-15-23(30)16(2)28(33)17(26)3/h9-15,18-19H,4-8H2,1-3H3. The minimum atomic E-state index is -4.51. The summed E-state index contributed by atoms with van der Waals surface area (Å²) < 4.78 is 91.6. The average Bonchev–Trinajstić information content (AvgIpc) is 2.85. The summed E-state index contributed by atoms with van der Waals surface area (Å²) in [6, 6.07) is 9.46. The van der Waals surface area contributed by atoms with E-state index in [9.17, 15) is 26.3 Å². The molecule has 3 aromatic carbocycles. The molecule has 0 bridgehead atoms. The molecule has 0 N–H and O–H groups in total. The van der Waals surface area contributed by atoms with E-state index < -0.39 is 46.3 Å². The van der Waals surface area contributed by atoms with Crippen LogP contribution in [0.15, 0.2) is 42.5 Å². The van der Waals surface area contributed by atoms with Gasteiger partial charge in [-0.15, -0.1) is 0 Å². The molecule has 0 amide bonds. The van der Waals surface area contributed by atoms with Crippen molar-refractivity contribution in [2.24, 2.45) is 5.92 Å². The van der Waals surface area contributed by atoms with Crippen LogP contribution in [0, 0.1) is 43.0 Å². The smallest absolute Gasteiger partial charge is 0.428 e. The molecule has 1 nitrogen and oxygen atoms in total. The second kappa shape index (κ2) is 10.2. The lowest BCUT2D eigenvalue weighted by Gasteiger charge is -2.28. The number of hydrogen-bond donors (Lipinski definition) is 0. The van der Waals surface area contributed by atoms with Gasteiger partial charge < -0.3 is 4.74 Å². The van der Waals surface area contributed by atoms with E-state index in [-0.39, 0.29) is 11.1 Å². The van der Waals surface area contributed by atoms with Crippen molar-refractivity contribution in [1.82, 2.24) is 0 Å². The minimum absolute atomic E-state index is 0.0920. The highest BCUT2D eigenvalue weighted by Crippen LogP contribution is 2.40. The predicted molar refractivity (Wildman–Crippen MR) is 127 cm³/mol. The second-order valence-electron chi connectivity index (χ2n) is 9.60. The van der Waals surface area contributed by atoms with Crippen LogP contribution in [-0.4, -0.2) is 0 Å². The van der Waals surface area contributed by atoms with Crippen LogP contribution in [0.4, 0.5) is 26.3 Å². The molecule has 7 heteroatoms. The molecule has 3 aromatic rings. The predicted octanol–water partition coefficient (Wildman–Crippen LogP) is 9.34. The fourth-order valence-corrected chi connectivity index (χ4v) is 4.99. The van der Waals surface area contributed by atoms with Crippen molar-refractivity contribution in [3.05, 3.63) is 88.0 Å². The van der Waals surface area contributed by atoms with Gasteiger partial charge in [-0.3, -0.25) is 0 Å². The first-order valence-electron chi connectivity index (χ1n) is 12.1. The zero-order valence-corrected chi connectivity index (χ0v) is 20.4. The molecule has 1 aliphatic rings. The van der Waals surface area contributed by atoms with E-state index in [4.69, 9.17) is 0 Å². The molecular formula is C29H28F6O. The molecule has 1 saturated carbocycles. The summed E-state index contributed by atoms with van der Waals surface area (Å²) in [6.45, 7) is 4.46. The molecule has 0 aromatic heterocycles. The second-order valence-corrected chi connectivity index (χ2v) is 9.60. The van der Waals surface area contributed by atoms with Crippen LogP contribution in [0.3, 0.4) is 0 Å². The summed E-state index contributed by atoms with van der Waals surface area (Å²) in [7, 11) is 0. The van der Waals surface area contributed by atoms with E-state index in [1.807, 2.05) is 12.1 Å². The van der Waals surface area contributed by atoms with Gasteiger partial charge in [0.05, 0.1) is 0 Å². The summed E-state index contributed by atoms with van der Waals surface area (Å²) in [5, 5.41) is 0. The summed E-state index contributed by atoms with van der Waals surface area (Å²) in [4.78, 5) is 0. The Bertz CT molecular complexity index is 1220. The van der Waals surface area contributed by atoms with E-state index in [1.165, 1.54) is 19.3 Å². The fraction of sp³-hybridized carbons (Fsp3) is 0.379. The molecule has 0 heterocycles. The van der Waals surface area contributed by atoms with Gasteiger partial charge in [-0.05, 0) is 80.2 Å². The van der Waals surface area contributed by atoms with E-state index in [0.717, 1.165) is 50.3 Å². The average molecular weight is 507 g/mol. The Kier molecular flexibility index (Phi) is 7.39. The van der Waals surface area contributed by atoms with Crippen LogP contribution in [-0.2, 0) is 6.11 Å². The van der Waals surface area contributed by atoms with Gasteiger partial charge in [0, 0.05) is 17.2 Å². The first-order chi connectivity index (χ1) is 17.0. The molecular weight excluding hydrogens is 478 g/mol. The van der Waals surface area contributed by atoms with Crippen LogP contribution in [0.5, 0.6) is 5.75 Å². The van der Waals surface area contributed by atoms with Crippen LogP contribution < -0.4 is 4.74 Å². The number of ether oxygens (including phenoxy) is 1. The van der Waals surface area contributed by atoms with Crippen molar-refractivity contribution in [2.45, 2.75) is 64.9 Å². The summed E-state index contributed by atoms with van der Waals surface area (Å²) in [5.74, 6) is -4.87. The van der Waals surface area contributed by atoms with Gasteiger partial charge in [0.15, 0.2) is 0 Å². The van der Waals surface area contributed by atoms with E-state index in [2.05, 4.69) is 11.7 Å². The molecule has 0 radical (unpaired) electrons. The third kappa shape index (κ3) is 5.11. The van der Waals surface area contributed by atoms with Crippen molar-refractivity contribution >= 4 is 0 Å². The lowest BCUT2D eigenvalue weighted by molar-refractivity contribution is -0.190. The van der Waals surface area contributed by atoms with Gasteiger partial charge in [-0.2, -0.15) is 8.78 Å². The maximum Gasteiger partial charge on any atom is 0.432 e. The van der Waals surface area contributed by atoms with Gasteiger partial charge in [-0.1, -0.05) is 37.6 Å². The molecule has 4 rings (SSSR count). The summed E-state index contributed by atoms with van der Waals surface area (Å²) in [6.07, 6.45) is 1.23. The molecule has 1 fully saturated rings. The van der Waals surface area contributed by atoms with Crippen molar-refractivity contribution in [3.63, 3.8) is 0 Å². The Balaban J connectivity index is 1.58. The SMILES string of the molecule is CCC1CCC(c2ccc(-c3cc(F)c(C(F)(F)Oc4cc(F)c(C)c(F)c4C)c(F)c3)cc2)CC1. The van der Waals surface area contributed by atoms with Crippen LogP contribution in [0.1, 0.15) is 67.2 Å². The summed E-state index contributed by atoms with van der Waals surface area (Å²) in [5.41, 5.74) is -0.670. The highest BCUT2D eigenvalue weighted by atomic mass is 19.3. The van der Waals surface area contributed by atoms with E-state index in [0.29, 0.717) is 17.5 Å².